The summed E-state index contributed by atoms with van der Waals surface area (Å²) < 4.78 is 1.06. The summed E-state index contributed by atoms with van der Waals surface area (Å²) in [5.74, 6) is 0.818. The molecule has 1 aliphatic carbocycles. The van der Waals surface area contributed by atoms with Crippen LogP contribution in [0.25, 0.3) is 0 Å². The van der Waals surface area contributed by atoms with E-state index in [9.17, 15) is 0 Å². The van der Waals surface area contributed by atoms with Crippen molar-refractivity contribution in [3.05, 3.63) is 28.5 Å². The number of nitrogens with zero attached hydrogens (tertiary/aromatic N) is 1. The third-order valence-corrected chi connectivity index (χ3v) is 3.98. The van der Waals surface area contributed by atoms with Crippen molar-refractivity contribution in [3.8, 4) is 0 Å². The summed E-state index contributed by atoms with van der Waals surface area (Å²) in [6.07, 6.45) is 8.27. The van der Waals surface area contributed by atoms with Crippen LogP contribution < -0.4 is 5.32 Å². The number of aromatic nitrogens is 1. The highest BCUT2D eigenvalue weighted by Gasteiger charge is 2.24. The number of halogens is 1. The van der Waals surface area contributed by atoms with Gasteiger partial charge in [0.25, 0.3) is 0 Å². The predicted molar refractivity (Wildman–Crippen MR) is 75.1 cm³/mol. The Balaban J connectivity index is 1.79. The van der Waals surface area contributed by atoms with Gasteiger partial charge in [-0.25, -0.2) is 0 Å². The zero-order valence-electron chi connectivity index (χ0n) is 10.5. The first-order valence-electron chi connectivity index (χ1n) is 6.61. The van der Waals surface area contributed by atoms with Gasteiger partial charge in [0.1, 0.15) is 0 Å². The standard InChI is InChI=1S/C14H21BrN2/c1-2-7-16-13-5-3-11(8-13)9-14-6-4-12(15)10-17-14/h4,6,10-11,13,16H,2-3,5,7-9H2,1H3. The van der Waals surface area contributed by atoms with E-state index in [1.165, 1.54) is 31.4 Å². The van der Waals surface area contributed by atoms with Crippen molar-refractivity contribution >= 4 is 15.9 Å². The molecule has 0 amide bonds. The molecular weight excluding hydrogens is 276 g/mol. The molecule has 0 saturated heterocycles. The predicted octanol–water partition coefficient (Wildman–Crippen LogP) is 3.55. The molecule has 94 valence electrons. The van der Waals surface area contributed by atoms with Crippen LogP contribution in [0, 0.1) is 5.92 Å². The Hall–Kier alpha value is -0.410. The monoisotopic (exact) mass is 296 g/mol. The lowest BCUT2D eigenvalue weighted by Crippen LogP contribution is -2.27. The van der Waals surface area contributed by atoms with E-state index < -0.39 is 0 Å². The van der Waals surface area contributed by atoms with Gasteiger partial charge in [-0.2, -0.15) is 0 Å². The van der Waals surface area contributed by atoms with E-state index in [2.05, 4.69) is 45.3 Å². The molecule has 2 unspecified atom stereocenters. The van der Waals surface area contributed by atoms with E-state index in [4.69, 9.17) is 0 Å². The molecule has 1 aliphatic rings. The van der Waals surface area contributed by atoms with Crippen molar-refractivity contribution in [1.29, 1.82) is 0 Å². The SMILES string of the molecule is CCCNC1CCC(Cc2ccc(Br)cn2)C1. The first kappa shape index (κ1) is 13.0. The largest absolute Gasteiger partial charge is 0.314 e. The van der Waals surface area contributed by atoms with Crippen LogP contribution in [0.4, 0.5) is 0 Å². The summed E-state index contributed by atoms with van der Waals surface area (Å²) in [5.41, 5.74) is 1.23. The number of hydrogen-bond acceptors (Lipinski definition) is 2. The van der Waals surface area contributed by atoms with Crippen molar-refractivity contribution in [3.63, 3.8) is 0 Å². The van der Waals surface area contributed by atoms with Gasteiger partial charge in [0.2, 0.25) is 0 Å². The molecule has 1 aromatic rings. The third kappa shape index (κ3) is 4.07. The van der Waals surface area contributed by atoms with E-state index in [-0.39, 0.29) is 0 Å². The van der Waals surface area contributed by atoms with Crippen LogP contribution in [-0.4, -0.2) is 17.6 Å². The van der Waals surface area contributed by atoms with Gasteiger partial charge in [-0.05, 0) is 72.6 Å². The number of hydrogen-bond donors (Lipinski definition) is 1. The first-order valence-corrected chi connectivity index (χ1v) is 7.41. The van der Waals surface area contributed by atoms with Gasteiger partial charge in [-0.3, -0.25) is 4.98 Å². The third-order valence-electron chi connectivity index (χ3n) is 3.51. The smallest absolute Gasteiger partial charge is 0.0413 e. The zero-order valence-corrected chi connectivity index (χ0v) is 12.0. The average Bonchev–Trinajstić information content (AvgIpc) is 2.77. The minimum Gasteiger partial charge on any atom is -0.314 e. The lowest BCUT2D eigenvalue weighted by Gasteiger charge is -2.12. The molecule has 2 atom stereocenters. The van der Waals surface area contributed by atoms with Gasteiger partial charge in [-0.1, -0.05) is 6.92 Å². The van der Waals surface area contributed by atoms with E-state index in [1.54, 1.807) is 0 Å². The number of rotatable bonds is 5. The molecule has 1 aromatic heterocycles. The first-order chi connectivity index (χ1) is 8.28. The maximum atomic E-state index is 4.46. The second-order valence-corrected chi connectivity index (χ2v) is 5.92. The van der Waals surface area contributed by atoms with Crippen molar-refractivity contribution < 1.29 is 0 Å². The van der Waals surface area contributed by atoms with E-state index in [0.717, 1.165) is 29.4 Å². The summed E-state index contributed by atoms with van der Waals surface area (Å²) in [7, 11) is 0. The average molecular weight is 297 g/mol. The summed E-state index contributed by atoms with van der Waals surface area (Å²) >= 11 is 3.42. The van der Waals surface area contributed by atoms with E-state index in [0.29, 0.717) is 0 Å². The summed E-state index contributed by atoms with van der Waals surface area (Å²) in [6, 6.07) is 4.97. The fraction of sp³-hybridized carbons (Fsp3) is 0.643. The lowest BCUT2D eigenvalue weighted by atomic mass is 10.0. The molecular formula is C14H21BrN2. The molecule has 1 N–H and O–H groups in total. The maximum absolute atomic E-state index is 4.46. The summed E-state index contributed by atoms with van der Waals surface area (Å²) in [5, 5.41) is 3.63. The van der Waals surface area contributed by atoms with Crippen LogP contribution in [0.15, 0.2) is 22.8 Å². The second-order valence-electron chi connectivity index (χ2n) is 5.00. The van der Waals surface area contributed by atoms with Crippen LogP contribution in [0.3, 0.4) is 0 Å². The molecule has 0 radical (unpaired) electrons. The molecule has 1 heterocycles. The second kappa shape index (κ2) is 6.50. The van der Waals surface area contributed by atoms with Gasteiger partial charge in [-0.15, -0.1) is 0 Å². The van der Waals surface area contributed by atoms with E-state index in [1.807, 2.05) is 6.20 Å². The Morgan fingerprint density at radius 3 is 3.00 bits per heavy atom. The summed E-state index contributed by atoms with van der Waals surface area (Å²) in [4.78, 5) is 4.46. The van der Waals surface area contributed by atoms with Crippen molar-refractivity contribution in [1.82, 2.24) is 10.3 Å². The van der Waals surface area contributed by atoms with Gasteiger partial charge >= 0.3 is 0 Å². The topological polar surface area (TPSA) is 24.9 Å². The quantitative estimate of drug-likeness (QED) is 0.899. The highest BCUT2D eigenvalue weighted by Crippen LogP contribution is 2.28. The summed E-state index contributed by atoms with van der Waals surface area (Å²) in [6.45, 7) is 3.39. The van der Waals surface area contributed by atoms with Crippen molar-refractivity contribution in [2.24, 2.45) is 5.92 Å². The number of nitrogens with one attached hydrogen (secondary N) is 1. The molecule has 2 rings (SSSR count). The molecule has 0 aromatic carbocycles. The molecule has 3 heteroatoms. The minimum atomic E-state index is 0.746. The van der Waals surface area contributed by atoms with Crippen molar-refractivity contribution in [2.75, 3.05) is 6.54 Å². The van der Waals surface area contributed by atoms with Gasteiger partial charge in [0, 0.05) is 22.4 Å². The maximum Gasteiger partial charge on any atom is 0.0413 e. The van der Waals surface area contributed by atoms with Crippen LogP contribution in [0.5, 0.6) is 0 Å². The zero-order chi connectivity index (χ0) is 12.1. The van der Waals surface area contributed by atoms with Gasteiger partial charge < -0.3 is 5.32 Å². The molecule has 0 aliphatic heterocycles. The van der Waals surface area contributed by atoms with Crippen LogP contribution in [0.2, 0.25) is 0 Å². The van der Waals surface area contributed by atoms with Crippen molar-refractivity contribution in [2.45, 2.75) is 45.1 Å². The van der Waals surface area contributed by atoms with Gasteiger partial charge in [0.05, 0.1) is 0 Å². The molecule has 0 bridgehead atoms. The van der Waals surface area contributed by atoms with Crippen LogP contribution in [0.1, 0.15) is 38.3 Å². The minimum absolute atomic E-state index is 0.746. The Morgan fingerprint density at radius 2 is 2.29 bits per heavy atom. The number of pyridine rings is 1. The highest BCUT2D eigenvalue weighted by atomic mass is 79.9. The molecule has 0 spiro atoms. The fourth-order valence-corrected chi connectivity index (χ4v) is 2.85. The Bertz CT molecular complexity index is 337. The molecule has 2 nitrogen and oxygen atoms in total. The molecule has 17 heavy (non-hydrogen) atoms. The fourth-order valence-electron chi connectivity index (χ4n) is 2.62. The Kier molecular flexibility index (Phi) is 4.99. The van der Waals surface area contributed by atoms with E-state index >= 15 is 0 Å². The van der Waals surface area contributed by atoms with Crippen LogP contribution in [-0.2, 0) is 6.42 Å². The van der Waals surface area contributed by atoms with Gasteiger partial charge in [0.15, 0.2) is 0 Å². The highest BCUT2D eigenvalue weighted by molar-refractivity contribution is 9.10. The molecule has 1 fully saturated rings. The Morgan fingerprint density at radius 1 is 1.41 bits per heavy atom. The normalized spacial score (nSPS) is 24.1. The van der Waals surface area contributed by atoms with Crippen LogP contribution >= 0.6 is 15.9 Å². The Labute approximate surface area is 112 Å². The lowest BCUT2D eigenvalue weighted by molar-refractivity contribution is 0.481. The molecule has 1 saturated carbocycles.